The summed E-state index contributed by atoms with van der Waals surface area (Å²) < 4.78 is 21.7. The standard InChI is InChI=1S/C10H11ClO3S/c1-15(13,14)6-5-10(12)8-3-2-4-9(11)7-8/h2-4,7H,5-6H2,1H3. The van der Waals surface area contributed by atoms with E-state index in [0.717, 1.165) is 6.26 Å². The first-order chi connectivity index (χ1) is 6.88. The molecule has 1 rings (SSSR count). The zero-order valence-electron chi connectivity index (χ0n) is 8.23. The predicted molar refractivity (Wildman–Crippen MR) is 60.1 cm³/mol. The smallest absolute Gasteiger partial charge is 0.163 e. The third kappa shape index (κ3) is 4.44. The van der Waals surface area contributed by atoms with E-state index in [2.05, 4.69) is 0 Å². The molecule has 3 nitrogen and oxygen atoms in total. The quantitative estimate of drug-likeness (QED) is 0.763. The summed E-state index contributed by atoms with van der Waals surface area (Å²) >= 11 is 5.71. The molecule has 0 saturated heterocycles. The van der Waals surface area contributed by atoms with Gasteiger partial charge in [0.15, 0.2) is 5.78 Å². The minimum absolute atomic E-state index is 0.000818. The Morgan fingerprint density at radius 3 is 2.60 bits per heavy atom. The predicted octanol–water partition coefficient (Wildman–Crippen LogP) is 1.96. The van der Waals surface area contributed by atoms with Crippen LogP contribution in [0.3, 0.4) is 0 Å². The van der Waals surface area contributed by atoms with Crippen LogP contribution in [0.2, 0.25) is 5.02 Å². The summed E-state index contributed by atoms with van der Waals surface area (Å²) in [5, 5.41) is 0.472. The third-order valence-electron chi connectivity index (χ3n) is 1.85. The molecule has 0 amide bonds. The first kappa shape index (κ1) is 12.2. The van der Waals surface area contributed by atoms with Crippen LogP contribution in [0.5, 0.6) is 0 Å². The van der Waals surface area contributed by atoms with Crippen LogP contribution in [0.15, 0.2) is 24.3 Å². The Bertz CT molecular complexity index is 465. The molecular weight excluding hydrogens is 236 g/mol. The van der Waals surface area contributed by atoms with Gasteiger partial charge in [0.2, 0.25) is 0 Å². The Kier molecular flexibility index (Phi) is 3.88. The number of carbonyl (C=O) groups is 1. The number of halogens is 1. The molecule has 0 N–H and O–H groups in total. The second kappa shape index (κ2) is 4.77. The Hall–Kier alpha value is -0.870. The summed E-state index contributed by atoms with van der Waals surface area (Å²) in [5.74, 6) is -0.332. The molecule has 5 heteroatoms. The average molecular weight is 247 g/mol. The summed E-state index contributed by atoms with van der Waals surface area (Å²) in [6.45, 7) is 0. The average Bonchev–Trinajstić information content (AvgIpc) is 2.13. The zero-order chi connectivity index (χ0) is 11.5. The van der Waals surface area contributed by atoms with Crippen LogP contribution >= 0.6 is 11.6 Å². The van der Waals surface area contributed by atoms with Crippen LogP contribution in [-0.4, -0.2) is 26.2 Å². The fraction of sp³-hybridized carbons (Fsp3) is 0.300. The number of benzene rings is 1. The topological polar surface area (TPSA) is 51.2 Å². The maximum Gasteiger partial charge on any atom is 0.163 e. The lowest BCUT2D eigenvalue weighted by Crippen LogP contribution is -2.09. The van der Waals surface area contributed by atoms with Gasteiger partial charge >= 0.3 is 0 Å². The van der Waals surface area contributed by atoms with Crippen molar-refractivity contribution in [3.05, 3.63) is 34.9 Å². The van der Waals surface area contributed by atoms with Crippen LogP contribution in [0.25, 0.3) is 0 Å². The molecule has 0 unspecified atom stereocenters. The lowest BCUT2D eigenvalue weighted by Gasteiger charge is -2.00. The highest BCUT2D eigenvalue weighted by Gasteiger charge is 2.10. The van der Waals surface area contributed by atoms with E-state index in [1.807, 2.05) is 0 Å². The number of Topliss-reactive ketones (excluding diaryl/α,β-unsaturated/α-hetero) is 1. The van der Waals surface area contributed by atoms with Crippen LogP contribution in [-0.2, 0) is 9.84 Å². The first-order valence-electron chi connectivity index (χ1n) is 4.35. The molecule has 1 aromatic rings. The highest BCUT2D eigenvalue weighted by molar-refractivity contribution is 7.90. The van der Waals surface area contributed by atoms with Crippen molar-refractivity contribution in [2.45, 2.75) is 6.42 Å². The van der Waals surface area contributed by atoms with Gasteiger partial charge in [-0.1, -0.05) is 23.7 Å². The van der Waals surface area contributed by atoms with Crippen LogP contribution in [0.4, 0.5) is 0 Å². The highest BCUT2D eigenvalue weighted by Crippen LogP contribution is 2.12. The van der Waals surface area contributed by atoms with Crippen LogP contribution < -0.4 is 0 Å². The van der Waals surface area contributed by atoms with Crippen molar-refractivity contribution in [1.82, 2.24) is 0 Å². The molecule has 1 aromatic carbocycles. The van der Waals surface area contributed by atoms with E-state index in [1.54, 1.807) is 18.2 Å². The number of ketones is 1. The van der Waals surface area contributed by atoms with E-state index >= 15 is 0 Å². The van der Waals surface area contributed by atoms with Crippen molar-refractivity contribution in [2.24, 2.45) is 0 Å². The van der Waals surface area contributed by atoms with Crippen molar-refractivity contribution in [3.63, 3.8) is 0 Å². The van der Waals surface area contributed by atoms with Gasteiger partial charge < -0.3 is 0 Å². The highest BCUT2D eigenvalue weighted by atomic mass is 35.5. The molecule has 82 valence electrons. The Balaban J connectivity index is 2.70. The van der Waals surface area contributed by atoms with Gasteiger partial charge in [0.25, 0.3) is 0 Å². The van der Waals surface area contributed by atoms with Crippen LogP contribution in [0, 0.1) is 0 Å². The zero-order valence-corrected chi connectivity index (χ0v) is 9.81. The molecule has 15 heavy (non-hydrogen) atoms. The summed E-state index contributed by atoms with van der Waals surface area (Å²) in [5.41, 5.74) is 0.450. The lowest BCUT2D eigenvalue weighted by atomic mass is 10.1. The maximum atomic E-state index is 11.5. The molecule has 0 heterocycles. The van der Waals surface area contributed by atoms with Gasteiger partial charge in [0.05, 0.1) is 5.75 Å². The molecule has 0 atom stereocenters. The maximum absolute atomic E-state index is 11.5. The van der Waals surface area contributed by atoms with Crippen molar-refractivity contribution in [1.29, 1.82) is 0 Å². The summed E-state index contributed by atoms with van der Waals surface area (Å²) in [4.78, 5) is 11.5. The van der Waals surface area contributed by atoms with Crippen molar-refractivity contribution in [2.75, 3.05) is 12.0 Å². The normalized spacial score (nSPS) is 11.3. The molecule has 0 saturated carbocycles. The van der Waals surface area contributed by atoms with E-state index in [4.69, 9.17) is 11.6 Å². The SMILES string of the molecule is CS(=O)(=O)CCC(=O)c1cccc(Cl)c1. The van der Waals surface area contributed by atoms with E-state index < -0.39 is 9.84 Å². The van der Waals surface area contributed by atoms with Crippen molar-refractivity contribution < 1.29 is 13.2 Å². The monoisotopic (exact) mass is 246 g/mol. The van der Waals surface area contributed by atoms with E-state index in [9.17, 15) is 13.2 Å². The van der Waals surface area contributed by atoms with E-state index in [0.29, 0.717) is 10.6 Å². The number of rotatable bonds is 4. The van der Waals surface area contributed by atoms with Crippen molar-refractivity contribution in [3.8, 4) is 0 Å². The van der Waals surface area contributed by atoms with Gasteiger partial charge in [-0.25, -0.2) is 8.42 Å². The minimum atomic E-state index is -3.09. The van der Waals surface area contributed by atoms with Gasteiger partial charge in [-0.05, 0) is 12.1 Å². The second-order valence-electron chi connectivity index (χ2n) is 3.31. The molecule has 0 aliphatic rings. The summed E-state index contributed by atoms with van der Waals surface area (Å²) in [7, 11) is -3.09. The number of hydrogen-bond donors (Lipinski definition) is 0. The van der Waals surface area contributed by atoms with Gasteiger partial charge in [0.1, 0.15) is 9.84 Å². The molecule has 0 aromatic heterocycles. The van der Waals surface area contributed by atoms with Gasteiger partial charge in [0, 0.05) is 23.3 Å². The third-order valence-corrected chi connectivity index (χ3v) is 3.03. The first-order valence-corrected chi connectivity index (χ1v) is 6.79. The molecule has 0 radical (unpaired) electrons. The molecular formula is C10H11ClO3S. The summed E-state index contributed by atoms with van der Waals surface area (Å²) in [6, 6.07) is 6.48. The number of sulfone groups is 1. The minimum Gasteiger partial charge on any atom is -0.294 e. The largest absolute Gasteiger partial charge is 0.294 e. The fourth-order valence-electron chi connectivity index (χ4n) is 1.08. The van der Waals surface area contributed by atoms with Crippen LogP contribution in [0.1, 0.15) is 16.8 Å². The lowest BCUT2D eigenvalue weighted by molar-refractivity contribution is 0.0989. The molecule has 0 aliphatic carbocycles. The Morgan fingerprint density at radius 2 is 2.07 bits per heavy atom. The molecule has 0 aliphatic heterocycles. The van der Waals surface area contributed by atoms with E-state index in [-0.39, 0.29) is 18.0 Å². The van der Waals surface area contributed by atoms with Gasteiger partial charge in [-0.15, -0.1) is 0 Å². The van der Waals surface area contributed by atoms with Gasteiger partial charge in [-0.3, -0.25) is 4.79 Å². The number of hydrogen-bond acceptors (Lipinski definition) is 3. The van der Waals surface area contributed by atoms with Gasteiger partial charge in [-0.2, -0.15) is 0 Å². The molecule has 0 spiro atoms. The summed E-state index contributed by atoms with van der Waals surface area (Å²) in [6.07, 6.45) is 1.11. The molecule has 0 fully saturated rings. The second-order valence-corrected chi connectivity index (χ2v) is 6.01. The molecule has 0 bridgehead atoms. The van der Waals surface area contributed by atoms with E-state index in [1.165, 1.54) is 6.07 Å². The Morgan fingerprint density at radius 1 is 1.40 bits per heavy atom. The van der Waals surface area contributed by atoms with Crippen molar-refractivity contribution >= 4 is 27.2 Å². The fourth-order valence-corrected chi connectivity index (χ4v) is 1.83. The Labute approximate surface area is 94.0 Å². The number of carbonyl (C=O) groups excluding carboxylic acids is 1.